The van der Waals surface area contributed by atoms with Gasteiger partial charge >= 0.3 is 0 Å². The highest BCUT2D eigenvalue weighted by Gasteiger charge is 2.24. The molecule has 1 aliphatic carbocycles. The Kier molecular flexibility index (Phi) is 12.8. The second-order valence-electron chi connectivity index (χ2n) is 8.76. The smallest absolute Gasteiger partial charge is 0.220 e. The highest BCUT2D eigenvalue weighted by molar-refractivity contribution is 14.0. The summed E-state index contributed by atoms with van der Waals surface area (Å²) in [4.78, 5) is 23.1. The summed E-state index contributed by atoms with van der Waals surface area (Å²) in [5.41, 5.74) is 6.56. The number of pyridine rings is 1. The number of halogens is 1. The van der Waals surface area contributed by atoms with Crippen LogP contribution in [-0.4, -0.2) is 55.7 Å². The number of primary amides is 1. The molecule has 4 N–H and O–H groups in total. The van der Waals surface area contributed by atoms with E-state index in [0.29, 0.717) is 12.6 Å². The van der Waals surface area contributed by atoms with Crippen LogP contribution in [0.2, 0.25) is 0 Å². The number of hydrogen-bond acceptors (Lipinski definition) is 5. The normalized spacial score (nSPS) is 18.0. The fourth-order valence-electron chi connectivity index (χ4n) is 4.48. The van der Waals surface area contributed by atoms with Crippen LogP contribution in [-0.2, 0) is 16.1 Å². The molecular formula is C24H41IN6O2. The molecule has 1 aliphatic heterocycles. The van der Waals surface area contributed by atoms with E-state index in [1.54, 1.807) is 0 Å². The Hall–Kier alpha value is -1.62. The van der Waals surface area contributed by atoms with Gasteiger partial charge in [0, 0.05) is 50.5 Å². The van der Waals surface area contributed by atoms with Gasteiger partial charge in [-0.3, -0.25) is 4.79 Å². The van der Waals surface area contributed by atoms with E-state index in [4.69, 9.17) is 15.5 Å². The Labute approximate surface area is 215 Å². The second kappa shape index (κ2) is 15.3. The second-order valence-corrected chi connectivity index (χ2v) is 8.76. The number of carbonyl (C=O) groups is 1. The third kappa shape index (κ3) is 9.27. The number of amides is 1. The highest BCUT2D eigenvalue weighted by Crippen LogP contribution is 2.25. The van der Waals surface area contributed by atoms with E-state index in [9.17, 15) is 4.79 Å². The van der Waals surface area contributed by atoms with Crippen LogP contribution in [0.1, 0.15) is 63.9 Å². The first-order valence-corrected chi connectivity index (χ1v) is 12.3. The number of hydrogen-bond donors (Lipinski definition) is 3. The molecule has 33 heavy (non-hydrogen) atoms. The number of nitrogens with two attached hydrogens (primary N) is 1. The molecule has 9 heteroatoms. The van der Waals surface area contributed by atoms with Crippen molar-refractivity contribution in [2.24, 2.45) is 16.6 Å². The van der Waals surface area contributed by atoms with Crippen LogP contribution >= 0.6 is 24.0 Å². The maximum absolute atomic E-state index is 11.5. The van der Waals surface area contributed by atoms with E-state index in [1.807, 2.05) is 12.3 Å². The van der Waals surface area contributed by atoms with Gasteiger partial charge in [-0.15, -0.1) is 24.0 Å². The molecule has 2 heterocycles. The predicted octanol–water partition coefficient (Wildman–Crippen LogP) is 3.20. The van der Waals surface area contributed by atoms with E-state index in [-0.39, 0.29) is 35.8 Å². The molecule has 1 saturated heterocycles. The molecule has 0 spiro atoms. The minimum atomic E-state index is -0.194. The van der Waals surface area contributed by atoms with E-state index in [0.717, 1.165) is 69.4 Å². The van der Waals surface area contributed by atoms with E-state index in [1.165, 1.54) is 32.1 Å². The fraction of sp³-hybridized carbons (Fsp3) is 0.708. The van der Waals surface area contributed by atoms with Crippen molar-refractivity contribution in [3.63, 3.8) is 0 Å². The number of nitrogens with one attached hydrogen (secondary N) is 2. The number of piperidine rings is 1. The van der Waals surface area contributed by atoms with Crippen molar-refractivity contribution in [3.8, 4) is 0 Å². The standard InChI is InChI=1S/C24H40N6O2.HI/c1-2-26-24(28-14-7-17-32-21-9-4-3-5-10-21)29-18-20-8-6-13-27-23(20)30-15-11-19(12-16-30)22(25)31;/h6,8,13,19,21H,2-5,7,9-12,14-18H2,1H3,(H2,25,31)(H2,26,28,29);1H. The Morgan fingerprint density at radius 2 is 1.97 bits per heavy atom. The minimum absolute atomic E-state index is 0. The zero-order valence-corrected chi connectivity index (χ0v) is 22.3. The van der Waals surface area contributed by atoms with Crippen LogP contribution in [0.5, 0.6) is 0 Å². The molecule has 0 atom stereocenters. The number of ether oxygens (including phenoxy) is 1. The van der Waals surface area contributed by atoms with Crippen molar-refractivity contribution in [2.75, 3.05) is 37.7 Å². The van der Waals surface area contributed by atoms with Crippen molar-refractivity contribution in [1.29, 1.82) is 0 Å². The molecule has 2 fully saturated rings. The average Bonchev–Trinajstić information content (AvgIpc) is 2.83. The largest absolute Gasteiger partial charge is 0.378 e. The Morgan fingerprint density at radius 3 is 2.67 bits per heavy atom. The van der Waals surface area contributed by atoms with Crippen LogP contribution < -0.4 is 21.3 Å². The van der Waals surface area contributed by atoms with Gasteiger partial charge in [-0.25, -0.2) is 9.98 Å². The average molecular weight is 573 g/mol. The van der Waals surface area contributed by atoms with E-state index < -0.39 is 0 Å². The number of guanidine groups is 1. The maximum Gasteiger partial charge on any atom is 0.220 e. The zero-order valence-electron chi connectivity index (χ0n) is 19.9. The van der Waals surface area contributed by atoms with Gasteiger partial charge in [-0.1, -0.05) is 25.3 Å². The van der Waals surface area contributed by atoms with Gasteiger partial charge in [-0.2, -0.15) is 0 Å². The van der Waals surface area contributed by atoms with Gasteiger partial charge in [0.2, 0.25) is 5.91 Å². The monoisotopic (exact) mass is 572 g/mol. The summed E-state index contributed by atoms with van der Waals surface area (Å²) < 4.78 is 6.02. The number of anilines is 1. The van der Waals surface area contributed by atoms with Crippen LogP contribution in [0.25, 0.3) is 0 Å². The summed E-state index contributed by atoms with van der Waals surface area (Å²) in [7, 11) is 0. The Morgan fingerprint density at radius 1 is 1.21 bits per heavy atom. The SMILES string of the molecule is CCNC(=NCc1cccnc1N1CCC(C(N)=O)CC1)NCCCOC1CCCCC1.I. The lowest BCUT2D eigenvalue weighted by atomic mass is 9.96. The maximum atomic E-state index is 11.5. The Balaban J connectivity index is 0.00000385. The summed E-state index contributed by atoms with van der Waals surface area (Å²) in [5, 5.41) is 6.74. The number of nitrogens with zero attached hydrogens (tertiary/aromatic N) is 3. The molecule has 1 aromatic rings. The molecule has 8 nitrogen and oxygen atoms in total. The van der Waals surface area contributed by atoms with Gasteiger partial charge < -0.3 is 26.0 Å². The highest BCUT2D eigenvalue weighted by atomic mass is 127. The Bertz CT molecular complexity index is 733. The zero-order chi connectivity index (χ0) is 22.6. The lowest BCUT2D eigenvalue weighted by molar-refractivity contribution is -0.122. The van der Waals surface area contributed by atoms with Gasteiger partial charge in [0.1, 0.15) is 5.82 Å². The third-order valence-corrected chi connectivity index (χ3v) is 6.34. The minimum Gasteiger partial charge on any atom is -0.378 e. The molecule has 186 valence electrons. The van der Waals surface area contributed by atoms with Crippen molar-refractivity contribution in [3.05, 3.63) is 23.9 Å². The number of aliphatic imine (C=N–C) groups is 1. The van der Waals surface area contributed by atoms with Gasteiger partial charge in [0.05, 0.1) is 12.6 Å². The molecule has 3 rings (SSSR count). The predicted molar refractivity (Wildman–Crippen MR) is 144 cm³/mol. The molecule has 0 bridgehead atoms. The van der Waals surface area contributed by atoms with E-state index in [2.05, 4.69) is 33.5 Å². The molecule has 1 saturated carbocycles. The molecule has 0 aromatic carbocycles. The van der Waals surface area contributed by atoms with Gasteiger partial charge in [0.15, 0.2) is 5.96 Å². The summed E-state index contributed by atoms with van der Waals surface area (Å²) in [6.07, 6.45) is 11.2. The quantitative estimate of drug-likeness (QED) is 0.172. The van der Waals surface area contributed by atoms with Gasteiger partial charge in [-0.05, 0) is 45.1 Å². The van der Waals surface area contributed by atoms with Crippen molar-refractivity contribution >= 4 is 41.7 Å². The summed E-state index contributed by atoms with van der Waals surface area (Å²) in [6, 6.07) is 4.03. The van der Waals surface area contributed by atoms with Crippen molar-refractivity contribution < 1.29 is 9.53 Å². The summed E-state index contributed by atoms with van der Waals surface area (Å²) in [5.74, 6) is 1.55. The fourth-order valence-corrected chi connectivity index (χ4v) is 4.48. The summed E-state index contributed by atoms with van der Waals surface area (Å²) in [6.45, 7) is 6.64. The van der Waals surface area contributed by atoms with Crippen LogP contribution in [0.4, 0.5) is 5.82 Å². The molecule has 2 aliphatic rings. The molecule has 1 aromatic heterocycles. The topological polar surface area (TPSA) is 105 Å². The first kappa shape index (κ1) is 27.6. The van der Waals surface area contributed by atoms with E-state index >= 15 is 0 Å². The van der Waals surface area contributed by atoms with Crippen molar-refractivity contribution in [2.45, 2.75) is 70.9 Å². The van der Waals surface area contributed by atoms with Crippen molar-refractivity contribution in [1.82, 2.24) is 15.6 Å². The first-order valence-electron chi connectivity index (χ1n) is 12.3. The lowest BCUT2D eigenvalue weighted by Crippen LogP contribution is -2.39. The van der Waals surface area contributed by atoms with Crippen LogP contribution in [0, 0.1) is 5.92 Å². The number of carbonyl (C=O) groups excluding carboxylic acids is 1. The molecule has 0 unspecified atom stereocenters. The van der Waals surface area contributed by atoms with Gasteiger partial charge in [0.25, 0.3) is 0 Å². The third-order valence-electron chi connectivity index (χ3n) is 6.34. The molecule has 1 amide bonds. The molecule has 0 radical (unpaired) electrons. The first-order chi connectivity index (χ1) is 15.7. The number of aromatic nitrogens is 1. The molecular weight excluding hydrogens is 531 g/mol. The van der Waals surface area contributed by atoms with Crippen LogP contribution in [0.15, 0.2) is 23.3 Å². The van der Waals surface area contributed by atoms with Crippen LogP contribution in [0.3, 0.4) is 0 Å². The number of rotatable bonds is 10. The summed E-state index contributed by atoms with van der Waals surface area (Å²) >= 11 is 0. The lowest BCUT2D eigenvalue weighted by Gasteiger charge is -2.32.